The van der Waals surface area contributed by atoms with Crippen LogP contribution in [0.2, 0.25) is 0 Å². The standard InChI is InChI=1S/C30H62NO6P/c1-6-7-8-9-10-11-12-13-14-15-16-17-18-19-20-21-22-23-24-26-35-28-30(34-5)29-37-38(32,33)36-27-25-31(2,3)4/h15-16,30H,6-14,17-29H2,1-5H3/p+1/b16-15-/t30-/m1/s1. The van der Waals surface area contributed by atoms with Crippen molar-refractivity contribution in [2.24, 2.45) is 0 Å². The summed E-state index contributed by atoms with van der Waals surface area (Å²) in [6.45, 7) is 4.01. The fourth-order valence-electron chi connectivity index (χ4n) is 4.03. The van der Waals surface area contributed by atoms with Gasteiger partial charge in [0.05, 0.1) is 34.4 Å². The third-order valence-corrected chi connectivity index (χ3v) is 7.61. The van der Waals surface area contributed by atoms with Crippen molar-refractivity contribution in [3.05, 3.63) is 12.2 Å². The topological polar surface area (TPSA) is 74.2 Å². The lowest BCUT2D eigenvalue weighted by Gasteiger charge is -2.24. The van der Waals surface area contributed by atoms with Crippen molar-refractivity contribution in [3.63, 3.8) is 0 Å². The molecule has 1 N–H and O–H groups in total. The highest BCUT2D eigenvalue weighted by Crippen LogP contribution is 2.43. The number of phosphoric ester groups is 1. The summed E-state index contributed by atoms with van der Waals surface area (Å²) in [5, 5.41) is 0. The van der Waals surface area contributed by atoms with Gasteiger partial charge >= 0.3 is 7.82 Å². The van der Waals surface area contributed by atoms with Crippen molar-refractivity contribution in [1.29, 1.82) is 0 Å². The van der Waals surface area contributed by atoms with Gasteiger partial charge in [0, 0.05) is 13.7 Å². The van der Waals surface area contributed by atoms with E-state index < -0.39 is 13.9 Å². The third-order valence-electron chi connectivity index (χ3n) is 6.63. The van der Waals surface area contributed by atoms with Crippen LogP contribution in [0.1, 0.15) is 116 Å². The number of phosphoric acid groups is 1. The second-order valence-electron chi connectivity index (χ2n) is 11.5. The average Bonchev–Trinajstić information content (AvgIpc) is 2.85. The molecule has 0 heterocycles. The fourth-order valence-corrected chi connectivity index (χ4v) is 4.77. The predicted molar refractivity (Wildman–Crippen MR) is 160 cm³/mol. The lowest BCUT2D eigenvalue weighted by Crippen LogP contribution is -2.37. The van der Waals surface area contributed by atoms with E-state index in [1.165, 1.54) is 103 Å². The number of unbranched alkanes of at least 4 members (excludes halogenated alkanes) is 15. The fraction of sp³-hybridized carbons (Fsp3) is 0.933. The Morgan fingerprint density at radius 2 is 1.21 bits per heavy atom. The number of nitrogens with zero attached hydrogens (tertiary/aromatic N) is 1. The average molecular weight is 565 g/mol. The van der Waals surface area contributed by atoms with Gasteiger partial charge in [0.2, 0.25) is 0 Å². The van der Waals surface area contributed by atoms with Gasteiger partial charge in [0.1, 0.15) is 19.3 Å². The van der Waals surface area contributed by atoms with Gasteiger partial charge in [-0.05, 0) is 32.1 Å². The van der Waals surface area contributed by atoms with Gasteiger partial charge in [-0.25, -0.2) is 4.57 Å². The van der Waals surface area contributed by atoms with Gasteiger partial charge in [0.15, 0.2) is 0 Å². The molecule has 0 saturated carbocycles. The van der Waals surface area contributed by atoms with E-state index in [1.54, 1.807) is 7.11 Å². The first kappa shape index (κ1) is 37.7. The van der Waals surface area contributed by atoms with Gasteiger partial charge in [-0.15, -0.1) is 0 Å². The summed E-state index contributed by atoms with van der Waals surface area (Å²) in [5.41, 5.74) is 0. The summed E-state index contributed by atoms with van der Waals surface area (Å²) in [6.07, 6.45) is 26.7. The number of methoxy groups -OCH3 is 1. The molecule has 0 aromatic carbocycles. The van der Waals surface area contributed by atoms with Crippen molar-refractivity contribution in [1.82, 2.24) is 0 Å². The molecular weight excluding hydrogens is 501 g/mol. The maximum Gasteiger partial charge on any atom is 0.472 e. The Morgan fingerprint density at radius 3 is 1.71 bits per heavy atom. The van der Waals surface area contributed by atoms with E-state index in [0.29, 0.717) is 24.2 Å². The Kier molecular flexibility index (Phi) is 25.5. The van der Waals surface area contributed by atoms with Crippen LogP contribution in [0.4, 0.5) is 0 Å². The molecule has 0 spiro atoms. The van der Waals surface area contributed by atoms with Crippen molar-refractivity contribution >= 4 is 7.82 Å². The van der Waals surface area contributed by atoms with Crippen molar-refractivity contribution in [2.45, 2.75) is 122 Å². The quantitative estimate of drug-likeness (QED) is 0.0429. The maximum absolute atomic E-state index is 12.0. The molecule has 0 bridgehead atoms. The first-order valence-corrected chi connectivity index (χ1v) is 16.9. The molecule has 7 nitrogen and oxygen atoms in total. The Balaban J connectivity index is 3.49. The number of hydrogen-bond donors (Lipinski definition) is 1. The van der Waals surface area contributed by atoms with Gasteiger partial charge in [-0.1, -0.05) is 96.1 Å². The zero-order valence-corrected chi connectivity index (χ0v) is 26.6. The predicted octanol–water partition coefficient (Wildman–Crippen LogP) is 8.07. The smallest absolute Gasteiger partial charge is 0.379 e. The van der Waals surface area contributed by atoms with Crippen LogP contribution in [-0.2, 0) is 23.1 Å². The first-order chi connectivity index (χ1) is 18.2. The Morgan fingerprint density at radius 1 is 0.711 bits per heavy atom. The molecule has 0 aliphatic rings. The lowest BCUT2D eigenvalue weighted by molar-refractivity contribution is -0.870. The van der Waals surface area contributed by atoms with E-state index in [2.05, 4.69) is 19.1 Å². The molecule has 8 heteroatoms. The van der Waals surface area contributed by atoms with E-state index in [4.69, 9.17) is 18.5 Å². The molecule has 38 heavy (non-hydrogen) atoms. The Labute approximate surface area is 235 Å². The monoisotopic (exact) mass is 564 g/mol. The molecule has 0 aromatic rings. The maximum atomic E-state index is 12.0. The summed E-state index contributed by atoms with van der Waals surface area (Å²) < 4.78 is 33.7. The van der Waals surface area contributed by atoms with E-state index in [0.717, 1.165) is 6.42 Å². The highest BCUT2D eigenvalue weighted by molar-refractivity contribution is 7.47. The van der Waals surface area contributed by atoms with Crippen molar-refractivity contribution < 1.29 is 32.5 Å². The van der Waals surface area contributed by atoms with Gasteiger partial charge < -0.3 is 18.9 Å². The molecular formula is C30H63NO6P+. The number of quaternary nitrogens is 1. The Hall–Kier alpha value is -0.270. The highest BCUT2D eigenvalue weighted by Gasteiger charge is 2.24. The van der Waals surface area contributed by atoms with E-state index in [1.807, 2.05) is 21.1 Å². The van der Waals surface area contributed by atoms with Crippen LogP contribution in [0, 0.1) is 0 Å². The molecule has 0 saturated heterocycles. The molecule has 228 valence electrons. The third kappa shape index (κ3) is 28.7. The molecule has 2 atom stereocenters. The number of hydrogen-bond acceptors (Lipinski definition) is 5. The van der Waals surface area contributed by atoms with Crippen LogP contribution in [-0.4, -0.2) is 76.7 Å². The SMILES string of the molecule is CCCCCCCCCC/C=C\CCCCCCCCCOC[C@H](COP(=O)(O)OCC[N+](C)(C)C)OC. The van der Waals surface area contributed by atoms with Crippen LogP contribution in [0.5, 0.6) is 0 Å². The molecule has 0 rings (SSSR count). The molecule has 0 amide bonds. The van der Waals surface area contributed by atoms with Crippen LogP contribution >= 0.6 is 7.82 Å². The number of allylic oxidation sites excluding steroid dienone is 2. The van der Waals surface area contributed by atoms with Gasteiger partial charge in [0.25, 0.3) is 0 Å². The summed E-state index contributed by atoms with van der Waals surface area (Å²) in [5.74, 6) is 0. The van der Waals surface area contributed by atoms with Crippen molar-refractivity contribution in [3.8, 4) is 0 Å². The normalized spacial score (nSPS) is 14.8. The largest absolute Gasteiger partial charge is 0.472 e. The Bertz CT molecular complexity index is 582. The molecule has 1 unspecified atom stereocenters. The molecule has 0 radical (unpaired) electrons. The summed E-state index contributed by atoms with van der Waals surface area (Å²) in [7, 11) is 3.44. The molecule has 0 aromatic heterocycles. The molecule has 0 fully saturated rings. The molecule has 0 aliphatic heterocycles. The summed E-state index contributed by atoms with van der Waals surface area (Å²) in [6, 6.07) is 0. The van der Waals surface area contributed by atoms with E-state index in [9.17, 15) is 9.46 Å². The minimum Gasteiger partial charge on any atom is -0.379 e. The van der Waals surface area contributed by atoms with E-state index >= 15 is 0 Å². The van der Waals surface area contributed by atoms with E-state index in [-0.39, 0.29) is 13.2 Å². The summed E-state index contributed by atoms with van der Waals surface area (Å²) >= 11 is 0. The zero-order valence-electron chi connectivity index (χ0n) is 25.7. The first-order valence-electron chi connectivity index (χ1n) is 15.4. The van der Waals surface area contributed by atoms with Crippen LogP contribution < -0.4 is 0 Å². The van der Waals surface area contributed by atoms with Gasteiger partial charge in [-0.2, -0.15) is 0 Å². The van der Waals surface area contributed by atoms with Crippen LogP contribution in [0.15, 0.2) is 12.2 Å². The molecule has 0 aliphatic carbocycles. The summed E-state index contributed by atoms with van der Waals surface area (Å²) in [4.78, 5) is 9.81. The second kappa shape index (κ2) is 25.7. The lowest BCUT2D eigenvalue weighted by atomic mass is 10.1. The minimum atomic E-state index is -4.08. The highest BCUT2D eigenvalue weighted by atomic mass is 31.2. The number of rotatable bonds is 29. The minimum absolute atomic E-state index is 0.0387. The van der Waals surface area contributed by atoms with Crippen LogP contribution in [0.25, 0.3) is 0 Å². The zero-order chi connectivity index (χ0) is 28.4. The van der Waals surface area contributed by atoms with Crippen LogP contribution in [0.3, 0.4) is 0 Å². The van der Waals surface area contributed by atoms with Gasteiger partial charge in [-0.3, -0.25) is 9.05 Å². The van der Waals surface area contributed by atoms with Crippen molar-refractivity contribution in [2.75, 3.05) is 61.2 Å². The second-order valence-corrected chi connectivity index (χ2v) is 13.0. The number of likely N-dealkylation sites (N-methyl/N-ethyl adjacent to an activating group) is 1. The number of ether oxygens (including phenoxy) is 2.